The number of aliphatic imine (C=N–C) groups is 1. The van der Waals surface area contributed by atoms with Crippen LogP contribution in [0.4, 0.5) is 4.79 Å². The summed E-state index contributed by atoms with van der Waals surface area (Å²) in [5, 5.41) is 9.91. The highest BCUT2D eigenvalue weighted by Crippen LogP contribution is 2.39. The van der Waals surface area contributed by atoms with Gasteiger partial charge in [-0.05, 0) is 58.6 Å². The van der Waals surface area contributed by atoms with Gasteiger partial charge in [0.25, 0.3) is 5.91 Å². The van der Waals surface area contributed by atoms with Crippen LogP contribution in [0.1, 0.15) is 53.4 Å². The molecule has 150 valence electrons. The van der Waals surface area contributed by atoms with Gasteiger partial charge >= 0.3 is 6.09 Å². The molecule has 8 heteroatoms. The number of carbonyl (C=O) groups excluding carboxylic acids is 2. The van der Waals surface area contributed by atoms with Gasteiger partial charge in [0.1, 0.15) is 5.60 Å². The Kier molecular flexibility index (Phi) is 6.30. The van der Waals surface area contributed by atoms with Crippen molar-refractivity contribution in [2.75, 3.05) is 6.61 Å². The Morgan fingerprint density at radius 3 is 2.56 bits per heavy atom. The fraction of sp³-hybridized carbons (Fsp3) is 0.632. The molecule has 0 bridgehead atoms. The smallest absolute Gasteiger partial charge is 0.415 e. The molecule has 5 N–H and O–H groups in total. The van der Waals surface area contributed by atoms with E-state index in [0.717, 1.165) is 30.5 Å². The van der Waals surface area contributed by atoms with Crippen molar-refractivity contribution in [3.8, 4) is 0 Å². The molecule has 27 heavy (non-hydrogen) atoms. The first-order chi connectivity index (χ1) is 12.5. The van der Waals surface area contributed by atoms with E-state index in [4.69, 9.17) is 16.2 Å². The predicted molar refractivity (Wildman–Crippen MR) is 103 cm³/mol. The van der Waals surface area contributed by atoms with Crippen molar-refractivity contribution in [2.24, 2.45) is 22.4 Å². The normalized spacial score (nSPS) is 23.1. The Labute approximate surface area is 159 Å². The third-order valence-corrected chi connectivity index (χ3v) is 4.68. The molecule has 0 saturated heterocycles. The van der Waals surface area contributed by atoms with Gasteiger partial charge in [-0.15, -0.1) is 0 Å². The molecular formula is C19H30N4O4. The first-order valence-electron chi connectivity index (χ1n) is 9.26. The van der Waals surface area contributed by atoms with E-state index >= 15 is 0 Å². The number of hydrogen-bond acceptors (Lipinski definition) is 4. The summed E-state index contributed by atoms with van der Waals surface area (Å²) in [4.78, 5) is 30.6. The Hall–Kier alpha value is -2.35. The molecule has 0 spiro atoms. The molecule has 2 rings (SSSR count). The maximum atomic E-state index is 13.0. The molecular weight excluding hydrogens is 348 g/mol. The zero-order valence-corrected chi connectivity index (χ0v) is 16.5. The van der Waals surface area contributed by atoms with Gasteiger partial charge in [0.05, 0.1) is 12.6 Å². The van der Waals surface area contributed by atoms with Gasteiger partial charge in [0.15, 0.2) is 5.96 Å². The van der Waals surface area contributed by atoms with E-state index < -0.39 is 23.6 Å². The molecule has 0 aromatic heterocycles. The van der Waals surface area contributed by atoms with E-state index in [0.29, 0.717) is 12.0 Å². The first kappa shape index (κ1) is 21.0. The van der Waals surface area contributed by atoms with E-state index in [1.165, 1.54) is 4.90 Å². The lowest BCUT2D eigenvalue weighted by Gasteiger charge is -2.39. The van der Waals surface area contributed by atoms with E-state index in [-0.39, 0.29) is 18.5 Å². The third kappa shape index (κ3) is 4.88. The minimum atomic E-state index is -0.692. The van der Waals surface area contributed by atoms with E-state index in [1.54, 1.807) is 33.8 Å². The SMILES string of the molecule is CC1C(C(=O)N=C(N)N)=CC2=C(C(CO)CCCC2)N1C(=O)OC(C)(C)C. The first-order valence-corrected chi connectivity index (χ1v) is 9.26. The topological polar surface area (TPSA) is 131 Å². The fourth-order valence-corrected chi connectivity index (χ4v) is 3.55. The molecule has 2 aliphatic rings. The van der Waals surface area contributed by atoms with Crippen LogP contribution in [-0.4, -0.2) is 46.2 Å². The van der Waals surface area contributed by atoms with Crippen LogP contribution in [0.2, 0.25) is 0 Å². The number of carbonyl (C=O) groups is 2. The lowest BCUT2D eigenvalue weighted by molar-refractivity contribution is -0.114. The van der Waals surface area contributed by atoms with Crippen molar-refractivity contribution >= 4 is 18.0 Å². The van der Waals surface area contributed by atoms with Gasteiger partial charge in [-0.1, -0.05) is 6.42 Å². The Bertz CT molecular complexity index is 699. The van der Waals surface area contributed by atoms with Crippen LogP contribution >= 0.6 is 0 Å². The van der Waals surface area contributed by atoms with Gasteiger partial charge < -0.3 is 21.3 Å². The lowest BCUT2D eigenvalue weighted by atomic mass is 9.89. The molecule has 0 fully saturated rings. The second kappa shape index (κ2) is 8.12. The highest BCUT2D eigenvalue weighted by Gasteiger charge is 2.40. The monoisotopic (exact) mass is 378 g/mol. The summed E-state index contributed by atoms with van der Waals surface area (Å²) in [6.07, 6.45) is 4.53. The predicted octanol–water partition coefficient (Wildman–Crippen LogP) is 1.79. The number of rotatable bonds is 2. The van der Waals surface area contributed by atoms with Crippen LogP contribution in [0.15, 0.2) is 27.9 Å². The lowest BCUT2D eigenvalue weighted by Crippen LogP contribution is -2.47. The van der Waals surface area contributed by atoms with Crippen LogP contribution < -0.4 is 11.5 Å². The van der Waals surface area contributed by atoms with Gasteiger partial charge in [0, 0.05) is 17.2 Å². The Morgan fingerprint density at radius 1 is 1.33 bits per heavy atom. The fourth-order valence-electron chi connectivity index (χ4n) is 3.55. The summed E-state index contributed by atoms with van der Waals surface area (Å²) in [6, 6.07) is -0.610. The maximum absolute atomic E-state index is 13.0. The van der Waals surface area contributed by atoms with Crippen molar-refractivity contribution in [3.63, 3.8) is 0 Å². The van der Waals surface area contributed by atoms with E-state index in [2.05, 4.69) is 4.99 Å². The second-order valence-electron chi connectivity index (χ2n) is 8.00. The molecule has 2 amide bonds. The van der Waals surface area contributed by atoms with Crippen molar-refractivity contribution < 1.29 is 19.4 Å². The highest BCUT2D eigenvalue weighted by molar-refractivity contribution is 6.03. The largest absolute Gasteiger partial charge is 0.443 e. The summed E-state index contributed by atoms with van der Waals surface area (Å²) in [7, 11) is 0. The minimum Gasteiger partial charge on any atom is -0.443 e. The number of amides is 2. The number of aliphatic hydroxyl groups excluding tert-OH is 1. The third-order valence-electron chi connectivity index (χ3n) is 4.68. The molecule has 0 aromatic rings. The summed E-state index contributed by atoms with van der Waals surface area (Å²) in [6.45, 7) is 7.01. The van der Waals surface area contributed by atoms with Crippen LogP contribution in [0.5, 0.6) is 0 Å². The summed E-state index contributed by atoms with van der Waals surface area (Å²) in [5.74, 6) is -1.09. The average Bonchev–Trinajstić information content (AvgIpc) is 2.73. The van der Waals surface area contributed by atoms with E-state index in [9.17, 15) is 14.7 Å². The van der Waals surface area contributed by atoms with Gasteiger partial charge in [-0.2, -0.15) is 4.99 Å². The van der Waals surface area contributed by atoms with Crippen LogP contribution in [-0.2, 0) is 9.53 Å². The number of ether oxygens (including phenoxy) is 1. The molecule has 1 aliphatic carbocycles. The molecule has 2 unspecified atom stereocenters. The summed E-state index contributed by atoms with van der Waals surface area (Å²) < 4.78 is 5.59. The zero-order valence-electron chi connectivity index (χ0n) is 16.5. The molecule has 8 nitrogen and oxygen atoms in total. The molecule has 0 aromatic carbocycles. The van der Waals surface area contributed by atoms with Crippen molar-refractivity contribution in [1.29, 1.82) is 0 Å². The van der Waals surface area contributed by atoms with Crippen LogP contribution in [0.3, 0.4) is 0 Å². The zero-order chi connectivity index (χ0) is 20.4. The van der Waals surface area contributed by atoms with Crippen LogP contribution in [0.25, 0.3) is 0 Å². The number of allylic oxidation sites excluding steroid dienone is 2. The number of nitrogens with two attached hydrogens (primary N) is 2. The second-order valence-corrected chi connectivity index (χ2v) is 8.00. The quantitative estimate of drug-likeness (QED) is 0.496. The number of hydrogen-bond donors (Lipinski definition) is 3. The minimum absolute atomic E-state index is 0.0735. The van der Waals surface area contributed by atoms with E-state index in [1.807, 2.05) is 0 Å². The van der Waals surface area contributed by atoms with Gasteiger partial charge in [-0.25, -0.2) is 4.79 Å². The number of aliphatic hydroxyl groups is 1. The van der Waals surface area contributed by atoms with Crippen molar-refractivity contribution in [1.82, 2.24) is 4.90 Å². The van der Waals surface area contributed by atoms with Crippen molar-refractivity contribution in [3.05, 3.63) is 22.9 Å². The Balaban J connectivity index is 2.56. The maximum Gasteiger partial charge on any atom is 0.415 e. The molecule has 0 radical (unpaired) electrons. The molecule has 1 heterocycles. The average molecular weight is 378 g/mol. The Morgan fingerprint density at radius 2 is 2.00 bits per heavy atom. The standard InChI is InChI=1S/C19H30N4O4/c1-11-14(16(25)22-17(20)21)9-12-7-5-6-8-13(10-24)15(12)23(11)18(26)27-19(2,3)4/h9,11,13,24H,5-8,10H2,1-4H3,(H4,20,21,22,25). The summed E-state index contributed by atoms with van der Waals surface area (Å²) in [5.41, 5.74) is 11.9. The van der Waals surface area contributed by atoms with Crippen molar-refractivity contribution in [2.45, 2.75) is 65.0 Å². The number of nitrogens with zero attached hydrogens (tertiary/aromatic N) is 2. The highest BCUT2D eigenvalue weighted by atomic mass is 16.6. The van der Waals surface area contributed by atoms with Gasteiger partial charge in [-0.3, -0.25) is 9.69 Å². The molecule has 0 saturated carbocycles. The van der Waals surface area contributed by atoms with Crippen LogP contribution in [0, 0.1) is 5.92 Å². The molecule has 2 atom stereocenters. The molecule has 1 aliphatic heterocycles. The summed E-state index contributed by atoms with van der Waals surface area (Å²) >= 11 is 0. The van der Waals surface area contributed by atoms with Gasteiger partial charge in [0.2, 0.25) is 0 Å². The number of guanidine groups is 1.